The molecule has 5 heteroatoms. The number of carbonyl (C=O) groups is 2. The van der Waals surface area contributed by atoms with Crippen LogP contribution in [-0.4, -0.2) is 23.3 Å². The Kier molecular flexibility index (Phi) is 7.43. The van der Waals surface area contributed by atoms with Crippen LogP contribution in [0.15, 0.2) is 36.2 Å². The molecule has 1 saturated carbocycles. The van der Waals surface area contributed by atoms with Crippen molar-refractivity contribution < 1.29 is 9.59 Å². The molecule has 27 heavy (non-hydrogen) atoms. The molecule has 3 rings (SSSR count). The molecule has 2 aliphatic carbocycles. The molecule has 2 amide bonds. The van der Waals surface area contributed by atoms with Gasteiger partial charge in [-0.3, -0.25) is 14.6 Å². The molecule has 1 heterocycles. The summed E-state index contributed by atoms with van der Waals surface area (Å²) in [6, 6.07) is 3.82. The molecule has 0 aromatic carbocycles. The molecule has 5 nitrogen and oxygen atoms in total. The highest BCUT2D eigenvalue weighted by Crippen LogP contribution is 2.29. The number of aromatic nitrogens is 1. The summed E-state index contributed by atoms with van der Waals surface area (Å²) in [5.74, 6) is 0.370. The Labute approximate surface area is 162 Å². The topological polar surface area (TPSA) is 71.1 Å². The number of rotatable bonds is 7. The van der Waals surface area contributed by atoms with Gasteiger partial charge in [0.2, 0.25) is 11.8 Å². The van der Waals surface area contributed by atoms with E-state index >= 15 is 0 Å². The second-order valence-corrected chi connectivity index (χ2v) is 7.77. The van der Waals surface area contributed by atoms with E-state index in [0.29, 0.717) is 6.54 Å². The Morgan fingerprint density at radius 3 is 2.26 bits per heavy atom. The fraction of sp³-hybridized carbons (Fsp3) is 0.591. The zero-order valence-corrected chi connectivity index (χ0v) is 16.1. The van der Waals surface area contributed by atoms with Crippen LogP contribution < -0.4 is 10.6 Å². The van der Waals surface area contributed by atoms with Gasteiger partial charge in [-0.15, -0.1) is 0 Å². The molecule has 2 aliphatic rings. The smallest absolute Gasteiger partial charge is 0.223 e. The summed E-state index contributed by atoms with van der Waals surface area (Å²) < 4.78 is 0. The van der Waals surface area contributed by atoms with Crippen molar-refractivity contribution in [2.24, 2.45) is 11.8 Å². The molecule has 1 aromatic rings. The third kappa shape index (κ3) is 6.19. The minimum atomic E-state index is 0.0308. The zero-order chi connectivity index (χ0) is 18.9. The average Bonchev–Trinajstić information content (AvgIpc) is 2.73. The Balaban J connectivity index is 1.33. The second-order valence-electron chi connectivity index (χ2n) is 7.77. The summed E-state index contributed by atoms with van der Waals surface area (Å²) >= 11 is 0. The molecule has 0 aliphatic heterocycles. The van der Waals surface area contributed by atoms with Crippen molar-refractivity contribution in [1.82, 2.24) is 15.6 Å². The number of nitrogens with one attached hydrogen (secondary N) is 2. The van der Waals surface area contributed by atoms with E-state index in [2.05, 4.69) is 21.7 Å². The van der Waals surface area contributed by atoms with Crippen LogP contribution in [0.4, 0.5) is 0 Å². The van der Waals surface area contributed by atoms with E-state index in [9.17, 15) is 9.59 Å². The first-order valence-electron chi connectivity index (χ1n) is 10.3. The lowest BCUT2D eigenvalue weighted by molar-refractivity contribution is -0.130. The van der Waals surface area contributed by atoms with Gasteiger partial charge >= 0.3 is 0 Å². The van der Waals surface area contributed by atoms with Crippen molar-refractivity contribution in [2.75, 3.05) is 6.54 Å². The summed E-state index contributed by atoms with van der Waals surface area (Å²) in [6.45, 7) is 1.29. The van der Waals surface area contributed by atoms with Gasteiger partial charge in [-0.25, -0.2) is 0 Å². The SMILES string of the molecule is O=C(NCCC1=CCCCC1)C1CCC(C(=O)NCc2ccncc2)CC1. The standard InChI is InChI=1S/C22H31N3O2/c26-21(24-15-12-17-4-2-1-3-5-17)19-6-8-20(9-7-19)22(27)25-16-18-10-13-23-14-11-18/h4,10-11,13-14,19-20H,1-3,5-9,12,15-16H2,(H,24,26)(H,25,27). The number of hydrogen-bond donors (Lipinski definition) is 2. The Morgan fingerprint density at radius 1 is 0.963 bits per heavy atom. The fourth-order valence-corrected chi connectivity index (χ4v) is 4.07. The highest BCUT2D eigenvalue weighted by Gasteiger charge is 2.29. The monoisotopic (exact) mass is 369 g/mol. The summed E-state index contributed by atoms with van der Waals surface area (Å²) in [4.78, 5) is 28.7. The van der Waals surface area contributed by atoms with E-state index in [4.69, 9.17) is 0 Å². The lowest BCUT2D eigenvalue weighted by Crippen LogP contribution is -2.37. The predicted molar refractivity (Wildman–Crippen MR) is 106 cm³/mol. The molecular weight excluding hydrogens is 338 g/mol. The Bertz CT molecular complexity index is 649. The molecular formula is C22H31N3O2. The quantitative estimate of drug-likeness (QED) is 0.723. The Morgan fingerprint density at radius 2 is 1.63 bits per heavy atom. The fourth-order valence-electron chi connectivity index (χ4n) is 4.07. The number of pyridine rings is 1. The highest BCUT2D eigenvalue weighted by atomic mass is 16.2. The van der Waals surface area contributed by atoms with Gasteiger partial charge in [-0.2, -0.15) is 0 Å². The van der Waals surface area contributed by atoms with Crippen LogP contribution in [0.1, 0.15) is 63.4 Å². The minimum absolute atomic E-state index is 0.0308. The van der Waals surface area contributed by atoms with E-state index in [0.717, 1.165) is 44.2 Å². The number of carbonyl (C=O) groups excluding carboxylic acids is 2. The van der Waals surface area contributed by atoms with Crippen molar-refractivity contribution in [3.8, 4) is 0 Å². The molecule has 0 saturated heterocycles. The first-order valence-corrected chi connectivity index (χ1v) is 10.3. The average molecular weight is 370 g/mol. The molecule has 2 N–H and O–H groups in total. The lowest BCUT2D eigenvalue weighted by Gasteiger charge is -2.27. The number of hydrogen-bond acceptors (Lipinski definition) is 3. The molecule has 0 atom stereocenters. The van der Waals surface area contributed by atoms with Gasteiger partial charge in [0.15, 0.2) is 0 Å². The maximum Gasteiger partial charge on any atom is 0.223 e. The zero-order valence-electron chi connectivity index (χ0n) is 16.1. The molecule has 0 spiro atoms. The van der Waals surface area contributed by atoms with Crippen LogP contribution in [0.25, 0.3) is 0 Å². The van der Waals surface area contributed by atoms with Crippen LogP contribution in [0, 0.1) is 11.8 Å². The van der Waals surface area contributed by atoms with Gasteiger partial charge in [0, 0.05) is 37.3 Å². The van der Waals surface area contributed by atoms with Crippen LogP contribution in [0.5, 0.6) is 0 Å². The van der Waals surface area contributed by atoms with Crippen molar-refractivity contribution in [2.45, 2.75) is 64.3 Å². The predicted octanol–water partition coefficient (Wildman–Crippen LogP) is 3.51. The van der Waals surface area contributed by atoms with Crippen LogP contribution in [-0.2, 0) is 16.1 Å². The third-order valence-electron chi connectivity index (χ3n) is 5.82. The maximum absolute atomic E-state index is 12.4. The van der Waals surface area contributed by atoms with Crippen molar-refractivity contribution in [3.63, 3.8) is 0 Å². The number of nitrogens with zero attached hydrogens (tertiary/aromatic N) is 1. The summed E-state index contributed by atoms with van der Waals surface area (Å²) in [5, 5.41) is 6.11. The molecule has 0 unspecified atom stereocenters. The first-order chi connectivity index (χ1) is 13.2. The van der Waals surface area contributed by atoms with E-state index in [1.54, 1.807) is 12.4 Å². The number of amides is 2. The second kappa shape index (κ2) is 10.2. The molecule has 1 fully saturated rings. The highest BCUT2D eigenvalue weighted by molar-refractivity contribution is 5.81. The Hall–Kier alpha value is -2.17. The van der Waals surface area contributed by atoms with Gasteiger partial charge in [0.25, 0.3) is 0 Å². The minimum Gasteiger partial charge on any atom is -0.356 e. The first kappa shape index (κ1) is 19.6. The lowest BCUT2D eigenvalue weighted by atomic mass is 9.81. The van der Waals surface area contributed by atoms with Crippen molar-refractivity contribution in [1.29, 1.82) is 0 Å². The molecule has 1 aromatic heterocycles. The van der Waals surface area contributed by atoms with Crippen LogP contribution >= 0.6 is 0 Å². The summed E-state index contributed by atoms with van der Waals surface area (Å²) in [5.41, 5.74) is 2.55. The van der Waals surface area contributed by atoms with E-state index in [1.165, 1.54) is 31.3 Å². The molecule has 0 bridgehead atoms. The van der Waals surface area contributed by atoms with Gasteiger partial charge in [-0.05, 0) is 75.5 Å². The van der Waals surface area contributed by atoms with E-state index in [1.807, 2.05) is 12.1 Å². The van der Waals surface area contributed by atoms with E-state index in [-0.39, 0.29) is 23.7 Å². The van der Waals surface area contributed by atoms with Gasteiger partial charge in [-0.1, -0.05) is 11.6 Å². The summed E-state index contributed by atoms with van der Waals surface area (Å²) in [6.07, 6.45) is 15.0. The van der Waals surface area contributed by atoms with Gasteiger partial charge in [0.1, 0.15) is 0 Å². The van der Waals surface area contributed by atoms with Crippen LogP contribution in [0.3, 0.4) is 0 Å². The van der Waals surface area contributed by atoms with Gasteiger partial charge < -0.3 is 10.6 Å². The van der Waals surface area contributed by atoms with Gasteiger partial charge in [0.05, 0.1) is 0 Å². The molecule has 146 valence electrons. The van der Waals surface area contributed by atoms with Crippen molar-refractivity contribution in [3.05, 3.63) is 41.7 Å². The molecule has 0 radical (unpaired) electrons. The summed E-state index contributed by atoms with van der Waals surface area (Å²) in [7, 11) is 0. The van der Waals surface area contributed by atoms with E-state index < -0.39 is 0 Å². The van der Waals surface area contributed by atoms with Crippen molar-refractivity contribution >= 4 is 11.8 Å². The van der Waals surface area contributed by atoms with Crippen LogP contribution in [0.2, 0.25) is 0 Å². The third-order valence-corrected chi connectivity index (χ3v) is 5.82. The number of allylic oxidation sites excluding steroid dienone is 1. The maximum atomic E-state index is 12.4. The largest absolute Gasteiger partial charge is 0.356 e. The normalized spacial score (nSPS) is 22.6.